The first-order valence-corrected chi connectivity index (χ1v) is 7.22. The summed E-state index contributed by atoms with van der Waals surface area (Å²) in [5, 5.41) is 0. The van der Waals surface area contributed by atoms with Gasteiger partial charge in [0.1, 0.15) is 15.6 Å². The van der Waals surface area contributed by atoms with Gasteiger partial charge in [-0.2, -0.15) is 0 Å². The van der Waals surface area contributed by atoms with Gasteiger partial charge in [-0.15, -0.1) is 0 Å². The fourth-order valence-corrected chi connectivity index (χ4v) is 1.97. The third-order valence-electron chi connectivity index (χ3n) is 2.46. The van der Waals surface area contributed by atoms with Crippen molar-refractivity contribution in [2.24, 2.45) is 0 Å². The predicted octanol–water partition coefficient (Wildman–Crippen LogP) is 0.758. The second kappa shape index (κ2) is 5.27. The van der Waals surface area contributed by atoms with Gasteiger partial charge >= 0.3 is 0 Å². The number of rotatable bonds is 5. The summed E-state index contributed by atoms with van der Waals surface area (Å²) in [5.41, 5.74) is 7.14. The molecule has 17 heavy (non-hydrogen) atoms. The monoisotopic (exact) mass is 258 g/mol. The molecule has 0 saturated carbocycles. The zero-order valence-corrected chi connectivity index (χ0v) is 11.1. The van der Waals surface area contributed by atoms with E-state index in [9.17, 15) is 8.42 Å². The van der Waals surface area contributed by atoms with Crippen LogP contribution >= 0.6 is 0 Å². The van der Waals surface area contributed by atoms with Crippen LogP contribution in [0.3, 0.4) is 0 Å². The molecule has 1 aromatic rings. The van der Waals surface area contributed by atoms with E-state index < -0.39 is 9.84 Å². The van der Waals surface area contributed by atoms with E-state index >= 15 is 0 Å². The summed E-state index contributed by atoms with van der Waals surface area (Å²) in [6, 6.07) is 5.36. The number of methoxy groups -OCH3 is 1. The number of hydrogen-bond acceptors (Lipinski definition) is 5. The van der Waals surface area contributed by atoms with Gasteiger partial charge in [0.25, 0.3) is 0 Å². The molecule has 0 fully saturated rings. The van der Waals surface area contributed by atoms with Gasteiger partial charge in [-0.1, -0.05) is 0 Å². The topological polar surface area (TPSA) is 72.6 Å². The van der Waals surface area contributed by atoms with E-state index in [0.29, 0.717) is 18.0 Å². The van der Waals surface area contributed by atoms with Crippen LogP contribution in [-0.2, 0) is 9.84 Å². The van der Waals surface area contributed by atoms with E-state index in [2.05, 4.69) is 0 Å². The third-order valence-corrected chi connectivity index (χ3v) is 3.38. The normalized spacial score (nSPS) is 11.2. The Bertz CT molecular complexity index is 485. The number of hydrogen-bond donors (Lipinski definition) is 1. The lowest BCUT2D eigenvalue weighted by Gasteiger charge is -2.19. The quantitative estimate of drug-likeness (QED) is 0.789. The van der Waals surface area contributed by atoms with E-state index in [1.807, 2.05) is 18.0 Å². The Morgan fingerprint density at radius 3 is 2.59 bits per heavy atom. The average Bonchev–Trinajstić information content (AvgIpc) is 2.25. The van der Waals surface area contributed by atoms with Crippen molar-refractivity contribution in [3.05, 3.63) is 18.2 Å². The van der Waals surface area contributed by atoms with Crippen molar-refractivity contribution in [2.75, 3.05) is 43.3 Å². The van der Waals surface area contributed by atoms with Crippen LogP contribution in [0.25, 0.3) is 0 Å². The fourth-order valence-electron chi connectivity index (χ4n) is 1.37. The molecule has 0 atom stereocenters. The van der Waals surface area contributed by atoms with Gasteiger partial charge in [-0.25, -0.2) is 8.42 Å². The van der Waals surface area contributed by atoms with Gasteiger partial charge in [0, 0.05) is 31.6 Å². The molecule has 0 aromatic heterocycles. The Hall–Kier alpha value is -1.43. The molecule has 0 radical (unpaired) electrons. The van der Waals surface area contributed by atoms with Crippen LogP contribution in [0.5, 0.6) is 5.75 Å². The van der Waals surface area contributed by atoms with E-state index in [1.165, 1.54) is 6.26 Å². The van der Waals surface area contributed by atoms with Crippen LogP contribution in [0.1, 0.15) is 0 Å². The maximum atomic E-state index is 11.1. The summed E-state index contributed by atoms with van der Waals surface area (Å²) >= 11 is 0. The Morgan fingerprint density at radius 2 is 2.06 bits per heavy atom. The predicted molar refractivity (Wildman–Crippen MR) is 70.4 cm³/mol. The van der Waals surface area contributed by atoms with Gasteiger partial charge < -0.3 is 15.4 Å². The smallest absolute Gasteiger partial charge is 0.149 e. The molecule has 96 valence electrons. The van der Waals surface area contributed by atoms with Crippen molar-refractivity contribution in [1.29, 1.82) is 0 Å². The maximum Gasteiger partial charge on any atom is 0.149 e. The highest BCUT2D eigenvalue weighted by molar-refractivity contribution is 7.90. The highest BCUT2D eigenvalue weighted by Gasteiger charge is 2.08. The molecule has 2 N–H and O–H groups in total. The van der Waals surface area contributed by atoms with E-state index in [4.69, 9.17) is 10.5 Å². The summed E-state index contributed by atoms with van der Waals surface area (Å²) in [6.45, 7) is 0.436. The minimum atomic E-state index is -2.95. The molecule has 1 rings (SSSR count). The van der Waals surface area contributed by atoms with Crippen LogP contribution < -0.4 is 15.4 Å². The number of sulfone groups is 1. The largest absolute Gasteiger partial charge is 0.495 e. The zero-order chi connectivity index (χ0) is 13.1. The van der Waals surface area contributed by atoms with Crippen LogP contribution in [-0.4, -0.2) is 41.1 Å². The second-order valence-corrected chi connectivity index (χ2v) is 6.24. The molecule has 0 bridgehead atoms. The van der Waals surface area contributed by atoms with Gasteiger partial charge in [-0.05, 0) is 12.1 Å². The lowest BCUT2D eigenvalue weighted by molar-refractivity contribution is 0.417. The molecule has 1 aromatic carbocycles. The molecule has 0 amide bonds. The van der Waals surface area contributed by atoms with Crippen molar-refractivity contribution in [1.82, 2.24) is 0 Å². The molecule has 0 heterocycles. The number of ether oxygens (including phenoxy) is 1. The minimum absolute atomic E-state index is 0.121. The Morgan fingerprint density at radius 1 is 1.41 bits per heavy atom. The second-order valence-electron chi connectivity index (χ2n) is 3.98. The highest BCUT2D eigenvalue weighted by atomic mass is 32.2. The van der Waals surface area contributed by atoms with Gasteiger partial charge in [-0.3, -0.25) is 0 Å². The van der Waals surface area contributed by atoms with Crippen molar-refractivity contribution in [2.45, 2.75) is 0 Å². The first kappa shape index (κ1) is 13.6. The lowest BCUT2D eigenvalue weighted by atomic mass is 10.2. The van der Waals surface area contributed by atoms with Gasteiger partial charge in [0.2, 0.25) is 0 Å². The van der Waals surface area contributed by atoms with Crippen molar-refractivity contribution in [3.63, 3.8) is 0 Å². The summed E-state index contributed by atoms with van der Waals surface area (Å²) in [6.07, 6.45) is 1.23. The highest BCUT2D eigenvalue weighted by Crippen LogP contribution is 2.26. The van der Waals surface area contributed by atoms with Crippen LogP contribution in [0, 0.1) is 0 Å². The lowest BCUT2D eigenvalue weighted by Crippen LogP contribution is -2.24. The summed E-state index contributed by atoms with van der Waals surface area (Å²) in [7, 11) is 0.428. The Kier molecular flexibility index (Phi) is 4.22. The molecule has 0 saturated heterocycles. The molecule has 0 aliphatic rings. The van der Waals surface area contributed by atoms with Crippen LogP contribution in [0.2, 0.25) is 0 Å². The Labute approximate surface area is 102 Å². The molecule has 6 heteroatoms. The van der Waals surface area contributed by atoms with E-state index in [-0.39, 0.29) is 5.75 Å². The zero-order valence-electron chi connectivity index (χ0n) is 10.3. The van der Waals surface area contributed by atoms with Crippen molar-refractivity contribution in [3.8, 4) is 5.75 Å². The average molecular weight is 258 g/mol. The van der Waals surface area contributed by atoms with Crippen molar-refractivity contribution >= 4 is 21.2 Å². The van der Waals surface area contributed by atoms with E-state index in [0.717, 1.165) is 5.69 Å². The number of nitrogen functional groups attached to an aromatic ring is 1. The number of benzene rings is 1. The number of anilines is 2. The van der Waals surface area contributed by atoms with Crippen molar-refractivity contribution < 1.29 is 13.2 Å². The third kappa shape index (κ3) is 4.14. The van der Waals surface area contributed by atoms with Crippen LogP contribution in [0.4, 0.5) is 11.4 Å². The first-order valence-electron chi connectivity index (χ1n) is 5.16. The first-order chi connectivity index (χ1) is 7.83. The SMILES string of the molecule is COc1cc(N(C)CCS(C)(=O)=O)ccc1N. The molecular weight excluding hydrogens is 240 g/mol. The molecule has 0 aliphatic heterocycles. The summed E-state index contributed by atoms with van der Waals surface area (Å²) in [5.74, 6) is 0.713. The molecule has 5 nitrogen and oxygen atoms in total. The van der Waals surface area contributed by atoms with Gasteiger partial charge in [0.05, 0.1) is 18.6 Å². The standard InChI is InChI=1S/C11H18N2O3S/c1-13(6-7-17(3,14)15)9-4-5-10(12)11(8-9)16-2/h4-5,8H,6-7,12H2,1-3H3. The Balaban J connectivity index is 2.79. The maximum absolute atomic E-state index is 11.1. The van der Waals surface area contributed by atoms with Crippen LogP contribution in [0.15, 0.2) is 18.2 Å². The molecule has 0 unspecified atom stereocenters. The summed E-state index contributed by atoms with van der Waals surface area (Å²) in [4.78, 5) is 1.85. The van der Waals surface area contributed by atoms with Gasteiger partial charge in [0.15, 0.2) is 0 Å². The minimum Gasteiger partial charge on any atom is -0.495 e. The number of nitrogens with two attached hydrogens (primary N) is 1. The molecule has 0 spiro atoms. The molecular formula is C11H18N2O3S. The summed E-state index contributed by atoms with van der Waals surface area (Å²) < 4.78 is 27.3. The molecule has 0 aliphatic carbocycles. The number of nitrogens with zero attached hydrogens (tertiary/aromatic N) is 1. The van der Waals surface area contributed by atoms with E-state index in [1.54, 1.807) is 19.2 Å². The fraction of sp³-hybridized carbons (Fsp3) is 0.455.